The largest absolute Gasteiger partial charge is 0.390 e. The first-order chi connectivity index (χ1) is 8.68. The van der Waals surface area contributed by atoms with Crippen molar-refractivity contribution < 1.29 is 15.0 Å². The van der Waals surface area contributed by atoms with Crippen molar-refractivity contribution in [2.45, 2.75) is 31.5 Å². The van der Waals surface area contributed by atoms with Crippen LogP contribution in [0.1, 0.15) is 24.8 Å². The predicted molar refractivity (Wildman–Crippen MR) is 67.7 cm³/mol. The monoisotopic (exact) mass is 244 g/mol. The molecule has 3 heteroatoms. The van der Waals surface area contributed by atoms with E-state index in [1.807, 2.05) is 30.3 Å². The van der Waals surface area contributed by atoms with Crippen LogP contribution in [-0.4, -0.2) is 28.2 Å². The molecule has 3 nitrogen and oxygen atoms in total. The second-order valence-corrected chi connectivity index (χ2v) is 5.11. The van der Waals surface area contributed by atoms with Gasteiger partial charge in [0.2, 0.25) is 0 Å². The summed E-state index contributed by atoms with van der Waals surface area (Å²) in [5.41, 5.74) is 2.24. The molecule has 94 valence electrons. The van der Waals surface area contributed by atoms with Crippen LogP contribution in [0.4, 0.5) is 0 Å². The van der Waals surface area contributed by atoms with E-state index in [0.29, 0.717) is 18.4 Å². The molecule has 0 radical (unpaired) electrons. The van der Waals surface area contributed by atoms with E-state index in [1.54, 1.807) is 0 Å². The van der Waals surface area contributed by atoms with Gasteiger partial charge >= 0.3 is 0 Å². The van der Waals surface area contributed by atoms with Gasteiger partial charge < -0.3 is 10.2 Å². The number of hydrogen-bond donors (Lipinski definition) is 2. The number of Topliss-reactive ketones (excluding diaryl/α,β-unsaturated/α-hetero) is 1. The maximum atomic E-state index is 12.1. The predicted octanol–water partition coefficient (Wildman–Crippen LogP) is 1.54. The van der Waals surface area contributed by atoms with Crippen LogP contribution in [0.5, 0.6) is 0 Å². The highest BCUT2D eigenvalue weighted by Gasteiger charge is 2.41. The summed E-state index contributed by atoms with van der Waals surface area (Å²) < 4.78 is 0. The van der Waals surface area contributed by atoms with Crippen LogP contribution in [0, 0.1) is 5.92 Å². The first kappa shape index (κ1) is 11.6. The summed E-state index contributed by atoms with van der Waals surface area (Å²) in [6.45, 7) is 0. The van der Waals surface area contributed by atoms with Gasteiger partial charge in [0, 0.05) is 12.0 Å². The van der Waals surface area contributed by atoms with Crippen molar-refractivity contribution in [3.8, 4) is 0 Å². The number of hydrogen-bond acceptors (Lipinski definition) is 3. The number of allylic oxidation sites excluding steroid dienone is 1. The molecule has 2 aliphatic carbocycles. The molecule has 0 unspecified atom stereocenters. The fourth-order valence-corrected chi connectivity index (χ4v) is 3.12. The van der Waals surface area contributed by atoms with Crippen LogP contribution in [0.15, 0.2) is 35.9 Å². The Morgan fingerprint density at radius 2 is 1.78 bits per heavy atom. The van der Waals surface area contributed by atoms with Gasteiger partial charge in [-0.2, -0.15) is 0 Å². The van der Waals surface area contributed by atoms with E-state index in [4.69, 9.17) is 0 Å². The lowest BCUT2D eigenvalue weighted by molar-refractivity contribution is -0.113. The molecule has 2 aliphatic rings. The van der Waals surface area contributed by atoms with Crippen molar-refractivity contribution in [1.82, 2.24) is 0 Å². The Morgan fingerprint density at radius 1 is 1.06 bits per heavy atom. The van der Waals surface area contributed by atoms with E-state index in [2.05, 4.69) is 0 Å². The van der Waals surface area contributed by atoms with Gasteiger partial charge in [-0.15, -0.1) is 0 Å². The van der Waals surface area contributed by atoms with E-state index in [9.17, 15) is 15.0 Å². The van der Waals surface area contributed by atoms with E-state index in [1.165, 1.54) is 0 Å². The smallest absolute Gasteiger partial charge is 0.164 e. The van der Waals surface area contributed by atoms with Gasteiger partial charge in [0.1, 0.15) is 6.10 Å². The Morgan fingerprint density at radius 3 is 2.50 bits per heavy atom. The second kappa shape index (κ2) is 4.34. The first-order valence-electron chi connectivity index (χ1n) is 6.37. The number of aliphatic hydroxyl groups excluding tert-OH is 2. The molecule has 2 N–H and O–H groups in total. The zero-order valence-electron chi connectivity index (χ0n) is 10.0. The third-order valence-electron chi connectivity index (χ3n) is 4.00. The van der Waals surface area contributed by atoms with Crippen molar-refractivity contribution in [3.05, 3.63) is 41.5 Å². The van der Waals surface area contributed by atoms with Gasteiger partial charge in [-0.25, -0.2) is 0 Å². The lowest BCUT2D eigenvalue weighted by Gasteiger charge is -2.30. The summed E-state index contributed by atoms with van der Waals surface area (Å²) in [5.74, 6) is 0.209. The zero-order chi connectivity index (χ0) is 12.7. The summed E-state index contributed by atoms with van der Waals surface area (Å²) in [5, 5.41) is 19.9. The average molecular weight is 244 g/mol. The Kier molecular flexibility index (Phi) is 2.80. The van der Waals surface area contributed by atoms with E-state index < -0.39 is 12.2 Å². The minimum absolute atomic E-state index is 0.0920. The normalized spacial score (nSPS) is 31.7. The van der Waals surface area contributed by atoms with Crippen LogP contribution in [0.3, 0.4) is 0 Å². The molecule has 0 bridgehead atoms. The topological polar surface area (TPSA) is 57.5 Å². The Hall–Kier alpha value is -1.45. The molecule has 3 rings (SSSR count). The van der Waals surface area contributed by atoms with Crippen molar-refractivity contribution in [2.75, 3.05) is 0 Å². The van der Waals surface area contributed by atoms with Crippen LogP contribution in [0.25, 0.3) is 5.57 Å². The fraction of sp³-hybridized carbons (Fsp3) is 0.400. The van der Waals surface area contributed by atoms with Gasteiger partial charge in [0.05, 0.1) is 6.10 Å². The molecule has 0 heterocycles. The molecule has 1 fully saturated rings. The summed E-state index contributed by atoms with van der Waals surface area (Å²) in [6.07, 6.45) is 0.218. The summed E-state index contributed by atoms with van der Waals surface area (Å²) >= 11 is 0. The maximum absolute atomic E-state index is 12.1. The maximum Gasteiger partial charge on any atom is 0.164 e. The minimum atomic E-state index is -0.884. The Balaban J connectivity index is 2.12. The van der Waals surface area contributed by atoms with Crippen molar-refractivity contribution in [2.24, 2.45) is 5.92 Å². The van der Waals surface area contributed by atoms with Crippen molar-refractivity contribution in [1.29, 1.82) is 0 Å². The Labute approximate surface area is 106 Å². The Bertz CT molecular complexity index is 504. The minimum Gasteiger partial charge on any atom is -0.390 e. The SMILES string of the molecule is O=C1C[C@H]2CC[C@H](O)[C@@H](O)C2=C1c1ccccc1. The molecule has 3 atom stereocenters. The molecular weight excluding hydrogens is 228 g/mol. The van der Waals surface area contributed by atoms with Gasteiger partial charge in [0.25, 0.3) is 0 Å². The van der Waals surface area contributed by atoms with Crippen LogP contribution < -0.4 is 0 Å². The molecule has 0 amide bonds. The van der Waals surface area contributed by atoms with E-state index in [0.717, 1.165) is 17.6 Å². The number of benzene rings is 1. The zero-order valence-corrected chi connectivity index (χ0v) is 10.0. The number of aliphatic hydroxyl groups is 2. The molecule has 1 aromatic rings. The lowest BCUT2D eigenvalue weighted by atomic mass is 9.81. The highest BCUT2D eigenvalue weighted by molar-refractivity contribution is 6.24. The molecule has 0 aromatic heterocycles. The quantitative estimate of drug-likeness (QED) is 0.788. The number of carbonyl (C=O) groups is 1. The molecule has 0 saturated heterocycles. The molecular formula is C15H16O3. The molecule has 1 aromatic carbocycles. The third-order valence-corrected chi connectivity index (χ3v) is 4.00. The van der Waals surface area contributed by atoms with Crippen molar-refractivity contribution >= 4 is 11.4 Å². The summed E-state index contributed by atoms with van der Waals surface area (Å²) in [7, 11) is 0. The lowest BCUT2D eigenvalue weighted by Crippen LogP contribution is -2.35. The standard InChI is InChI=1S/C15H16O3/c16-11-7-6-10-8-12(17)13(14(10)15(11)18)9-4-2-1-3-5-9/h1-5,10-11,15-16,18H,6-8H2/t10-,11+,15-/m1/s1. The third kappa shape index (κ3) is 1.71. The summed E-state index contributed by atoms with van der Waals surface area (Å²) in [6, 6.07) is 9.44. The number of fused-ring (bicyclic) bond motifs is 1. The van der Waals surface area contributed by atoms with Crippen LogP contribution in [-0.2, 0) is 4.79 Å². The van der Waals surface area contributed by atoms with Gasteiger partial charge in [-0.05, 0) is 29.9 Å². The van der Waals surface area contributed by atoms with Crippen LogP contribution in [0.2, 0.25) is 0 Å². The first-order valence-corrected chi connectivity index (χ1v) is 6.37. The van der Waals surface area contributed by atoms with Crippen LogP contribution >= 0.6 is 0 Å². The average Bonchev–Trinajstić information content (AvgIpc) is 2.72. The molecule has 0 spiro atoms. The molecule has 0 aliphatic heterocycles. The van der Waals surface area contributed by atoms with Gasteiger partial charge in [0.15, 0.2) is 5.78 Å². The number of carbonyl (C=O) groups excluding carboxylic acids is 1. The van der Waals surface area contributed by atoms with E-state index in [-0.39, 0.29) is 11.7 Å². The fourth-order valence-electron chi connectivity index (χ4n) is 3.12. The summed E-state index contributed by atoms with van der Waals surface area (Å²) in [4.78, 5) is 12.1. The van der Waals surface area contributed by atoms with E-state index >= 15 is 0 Å². The van der Waals surface area contributed by atoms with Gasteiger partial charge in [-0.1, -0.05) is 30.3 Å². The highest BCUT2D eigenvalue weighted by atomic mass is 16.3. The van der Waals surface area contributed by atoms with Crippen molar-refractivity contribution in [3.63, 3.8) is 0 Å². The number of rotatable bonds is 1. The molecule has 18 heavy (non-hydrogen) atoms. The second-order valence-electron chi connectivity index (χ2n) is 5.11. The highest BCUT2D eigenvalue weighted by Crippen LogP contribution is 2.43. The molecule has 1 saturated carbocycles. The number of ketones is 1. The van der Waals surface area contributed by atoms with Gasteiger partial charge in [-0.3, -0.25) is 4.79 Å².